The topological polar surface area (TPSA) is 44.8 Å². The monoisotopic (exact) mass is 438 g/mol. The lowest BCUT2D eigenvalue weighted by Crippen LogP contribution is -2.48. The van der Waals surface area contributed by atoms with Gasteiger partial charge in [-0.15, -0.1) is 0 Å². The van der Waals surface area contributed by atoms with Crippen LogP contribution in [-0.2, 0) is 19.7 Å². The van der Waals surface area contributed by atoms with Gasteiger partial charge in [-0.3, -0.25) is 4.79 Å². The fourth-order valence-electron chi connectivity index (χ4n) is 4.11. The highest BCUT2D eigenvalue weighted by Crippen LogP contribution is 2.56. The van der Waals surface area contributed by atoms with Crippen molar-refractivity contribution in [1.82, 2.24) is 0 Å². The Morgan fingerprint density at radius 1 is 1.31 bits per heavy atom. The molecule has 0 radical (unpaired) electrons. The third-order valence-corrected chi connectivity index (χ3v) is 7.46. The smallest absolute Gasteiger partial charge is 0.311 e. The van der Waals surface area contributed by atoms with Crippen molar-refractivity contribution in [3.8, 4) is 5.75 Å². The quantitative estimate of drug-likeness (QED) is 0.435. The third-order valence-electron chi connectivity index (χ3n) is 6.43. The van der Waals surface area contributed by atoms with Gasteiger partial charge in [-0.25, -0.2) is 0 Å². The van der Waals surface area contributed by atoms with E-state index < -0.39 is 10.8 Å². The molecular formula is C23H34O4S2. The van der Waals surface area contributed by atoms with E-state index in [2.05, 4.69) is 32.9 Å². The number of carbonyl (C=O) groups excluding carboxylic acids is 1. The Labute approximate surface area is 185 Å². The maximum Gasteiger partial charge on any atom is 0.311 e. The summed E-state index contributed by atoms with van der Waals surface area (Å²) in [6.07, 6.45) is 3.57. The van der Waals surface area contributed by atoms with Crippen LogP contribution >= 0.6 is 24.0 Å². The summed E-state index contributed by atoms with van der Waals surface area (Å²) in [7, 11) is 1.68. The van der Waals surface area contributed by atoms with Gasteiger partial charge in [-0.2, -0.15) is 0 Å². The van der Waals surface area contributed by atoms with E-state index in [4.69, 9.17) is 26.4 Å². The molecule has 3 atom stereocenters. The minimum Gasteiger partial charge on any atom is -0.496 e. The molecule has 0 aliphatic heterocycles. The molecule has 1 fully saturated rings. The average Bonchev–Trinajstić information content (AvgIpc) is 2.91. The predicted molar refractivity (Wildman–Crippen MR) is 124 cm³/mol. The number of carbonyl (C=O) groups is 1. The van der Waals surface area contributed by atoms with E-state index in [0.29, 0.717) is 4.38 Å². The number of benzene rings is 1. The lowest BCUT2D eigenvalue weighted by molar-refractivity contribution is -0.159. The van der Waals surface area contributed by atoms with Crippen molar-refractivity contribution in [2.24, 2.45) is 10.8 Å². The number of thiocarbonyl (C=S) groups is 1. The first-order chi connectivity index (χ1) is 13.4. The van der Waals surface area contributed by atoms with Gasteiger partial charge in [0.25, 0.3) is 0 Å². The summed E-state index contributed by atoms with van der Waals surface area (Å²) in [5, 5.41) is 0. The van der Waals surface area contributed by atoms with Crippen molar-refractivity contribution in [2.75, 3.05) is 20.0 Å². The molecule has 0 saturated heterocycles. The number of hydrogen-bond acceptors (Lipinski definition) is 6. The normalized spacial score (nSPS) is 26.8. The van der Waals surface area contributed by atoms with Gasteiger partial charge in [-0.05, 0) is 76.2 Å². The average molecular weight is 439 g/mol. The van der Waals surface area contributed by atoms with Gasteiger partial charge >= 0.3 is 5.97 Å². The van der Waals surface area contributed by atoms with E-state index in [9.17, 15) is 4.79 Å². The maximum absolute atomic E-state index is 12.5. The molecule has 6 heteroatoms. The van der Waals surface area contributed by atoms with Crippen LogP contribution in [0.1, 0.15) is 58.6 Å². The minimum atomic E-state index is -0.549. The number of esters is 1. The van der Waals surface area contributed by atoms with Crippen molar-refractivity contribution >= 4 is 34.3 Å². The van der Waals surface area contributed by atoms with Crippen LogP contribution in [0.5, 0.6) is 5.75 Å². The zero-order valence-electron chi connectivity index (χ0n) is 18.9. The van der Waals surface area contributed by atoms with Crippen LogP contribution in [-0.4, -0.2) is 36.4 Å². The number of ether oxygens (including phenoxy) is 3. The third kappa shape index (κ3) is 4.74. The first-order valence-corrected chi connectivity index (χ1v) is 11.6. The van der Waals surface area contributed by atoms with Crippen molar-refractivity contribution in [2.45, 2.75) is 65.9 Å². The van der Waals surface area contributed by atoms with Gasteiger partial charge in [0.2, 0.25) is 4.38 Å². The number of rotatable bonds is 5. The molecular weight excluding hydrogens is 404 g/mol. The van der Waals surface area contributed by atoms with E-state index >= 15 is 0 Å². The summed E-state index contributed by atoms with van der Waals surface area (Å²) >= 11 is 6.78. The van der Waals surface area contributed by atoms with Crippen molar-refractivity contribution < 1.29 is 19.0 Å². The number of thioether (sulfide) groups is 1. The largest absolute Gasteiger partial charge is 0.496 e. The van der Waals surface area contributed by atoms with Crippen molar-refractivity contribution in [3.63, 3.8) is 0 Å². The standard InChI is InChI=1S/C23H34O4S2/c1-15-13-16(9-10-17(15)25-7)22(5)12-11-18(27-20(28)29-8)23(22,6)14-26-19(24)21(2,3)4/h9-10,13,18H,11-12,14H2,1-8H3/t18-,22-,23-/m0/s1. The molecule has 1 saturated carbocycles. The summed E-state index contributed by atoms with van der Waals surface area (Å²) in [5.74, 6) is 0.664. The molecule has 4 nitrogen and oxygen atoms in total. The fourth-order valence-corrected chi connectivity index (χ4v) is 4.44. The summed E-state index contributed by atoms with van der Waals surface area (Å²) in [6.45, 7) is 12.3. The molecule has 0 heterocycles. The lowest BCUT2D eigenvalue weighted by Gasteiger charge is -2.44. The van der Waals surface area contributed by atoms with Crippen LogP contribution in [0.25, 0.3) is 0 Å². The fraction of sp³-hybridized carbons (Fsp3) is 0.652. The maximum atomic E-state index is 12.5. The Bertz CT molecular complexity index is 771. The number of hydrogen-bond donors (Lipinski definition) is 0. The van der Waals surface area contributed by atoms with Crippen molar-refractivity contribution in [1.29, 1.82) is 0 Å². The van der Waals surface area contributed by atoms with Crippen LogP contribution in [0.3, 0.4) is 0 Å². The van der Waals surface area contributed by atoms with Crippen LogP contribution in [0, 0.1) is 17.8 Å². The zero-order valence-corrected chi connectivity index (χ0v) is 20.5. The van der Waals surface area contributed by atoms with E-state index in [-0.39, 0.29) is 24.1 Å². The molecule has 2 rings (SSSR count). The van der Waals surface area contributed by atoms with Gasteiger partial charge < -0.3 is 14.2 Å². The van der Waals surface area contributed by atoms with E-state index in [0.717, 1.165) is 24.2 Å². The molecule has 162 valence electrons. The van der Waals surface area contributed by atoms with Gasteiger partial charge in [0, 0.05) is 10.8 Å². The Kier molecular flexibility index (Phi) is 7.32. The molecule has 0 N–H and O–H groups in total. The minimum absolute atomic E-state index is 0.123. The highest BCUT2D eigenvalue weighted by molar-refractivity contribution is 8.22. The Morgan fingerprint density at radius 3 is 2.48 bits per heavy atom. The van der Waals surface area contributed by atoms with Gasteiger partial charge in [-0.1, -0.05) is 37.7 Å². The molecule has 1 aromatic rings. The highest BCUT2D eigenvalue weighted by Gasteiger charge is 2.58. The van der Waals surface area contributed by atoms with Crippen LogP contribution in [0.4, 0.5) is 0 Å². The van der Waals surface area contributed by atoms with E-state index in [1.807, 2.05) is 33.1 Å². The molecule has 0 aromatic heterocycles. The highest BCUT2D eigenvalue weighted by atomic mass is 32.2. The van der Waals surface area contributed by atoms with Crippen molar-refractivity contribution in [3.05, 3.63) is 29.3 Å². The second-order valence-electron chi connectivity index (χ2n) is 9.36. The summed E-state index contributed by atoms with van der Waals surface area (Å²) in [5.41, 5.74) is 1.08. The van der Waals surface area contributed by atoms with Crippen LogP contribution in [0.15, 0.2) is 18.2 Å². The Morgan fingerprint density at radius 2 is 1.97 bits per heavy atom. The molecule has 0 amide bonds. The molecule has 1 aliphatic carbocycles. The predicted octanol–water partition coefficient (Wildman–Crippen LogP) is 5.68. The molecule has 1 aliphatic rings. The second kappa shape index (κ2) is 8.84. The Hall–Kier alpha value is -1.27. The molecule has 1 aromatic carbocycles. The van der Waals surface area contributed by atoms with Gasteiger partial charge in [0.15, 0.2) is 0 Å². The molecule has 0 spiro atoms. The summed E-state index contributed by atoms with van der Waals surface area (Å²) in [6, 6.07) is 6.31. The first-order valence-electron chi connectivity index (χ1n) is 9.96. The van der Waals surface area contributed by atoms with Gasteiger partial charge in [0.05, 0.1) is 12.5 Å². The summed E-state index contributed by atoms with van der Waals surface area (Å²) in [4.78, 5) is 12.5. The molecule has 0 unspecified atom stereocenters. The van der Waals surface area contributed by atoms with Crippen LogP contribution in [0.2, 0.25) is 0 Å². The first kappa shape index (κ1) is 24.0. The van der Waals surface area contributed by atoms with Gasteiger partial charge in [0.1, 0.15) is 18.5 Å². The lowest BCUT2D eigenvalue weighted by atomic mass is 9.63. The Balaban J connectivity index is 2.44. The molecule has 0 bridgehead atoms. The van der Waals surface area contributed by atoms with Crippen LogP contribution < -0.4 is 4.74 Å². The SMILES string of the molecule is COc1ccc([C@]2(C)CC[C@H](OC(=S)SC)[C@]2(C)COC(=O)C(C)(C)C)cc1C. The number of methoxy groups -OCH3 is 1. The second-order valence-corrected chi connectivity index (χ2v) is 10.8. The van der Waals surface area contributed by atoms with E-state index in [1.54, 1.807) is 7.11 Å². The number of aryl methyl sites for hydroxylation is 1. The summed E-state index contributed by atoms with van der Waals surface area (Å²) < 4.78 is 18.0. The molecule has 29 heavy (non-hydrogen) atoms. The van der Waals surface area contributed by atoms with E-state index in [1.165, 1.54) is 17.3 Å². The zero-order chi connectivity index (χ0) is 22.0.